The summed E-state index contributed by atoms with van der Waals surface area (Å²) in [6.45, 7) is 6.16. The summed E-state index contributed by atoms with van der Waals surface area (Å²) in [6.07, 6.45) is 5.38. The molecule has 5 nitrogen and oxygen atoms in total. The number of para-hydroxylation sites is 3. The summed E-state index contributed by atoms with van der Waals surface area (Å²) in [5, 5.41) is 20.5. The number of benzene rings is 20. The molecule has 0 spiro atoms. The van der Waals surface area contributed by atoms with Gasteiger partial charge in [0, 0.05) is 50.0 Å². The smallest absolute Gasteiger partial charge is 0.305 e. The van der Waals surface area contributed by atoms with Crippen LogP contribution in [-0.4, -0.2) is 24.5 Å². The maximum Gasteiger partial charge on any atom is 3.00 e. The first-order valence-electron chi connectivity index (χ1n) is 44.3. The van der Waals surface area contributed by atoms with Crippen molar-refractivity contribution >= 4 is 118 Å². The SMILES string of the molecule is Cc1c[c-]c(-c2ccccn2)cc1.Cc1c[c-]c(-c2ccccn2)cc1.Cc1c[c-]c(-c2ccccn2)cc1.[Ir+3].c1cc(-c2ccc3c4ccccc4c4ccccc4c3c2)cc(-c2cccc3c2sc2ccccc23)c1.c1ccc(-n2c(-c3ccc(-c4ccc5c(-c6ccc7ccccc7c6)c6ccccc6c(-c6ccc7ccccc7c6)c5c4)cc3)nc3ccccc32)cc1. The van der Waals surface area contributed by atoms with Crippen LogP contribution in [0.4, 0.5) is 0 Å². The summed E-state index contributed by atoms with van der Waals surface area (Å²) in [5.74, 6) is 0.933. The van der Waals surface area contributed by atoms with E-state index in [9.17, 15) is 0 Å². The van der Waals surface area contributed by atoms with E-state index in [1.165, 1.54) is 162 Å². The van der Waals surface area contributed by atoms with E-state index in [1.54, 1.807) is 18.6 Å². The van der Waals surface area contributed by atoms with E-state index in [-0.39, 0.29) is 20.1 Å². The predicted octanol–water partition coefficient (Wildman–Crippen LogP) is 33.7. The Morgan fingerprint density at radius 2 is 0.644 bits per heavy atom. The maximum absolute atomic E-state index is 5.12. The minimum atomic E-state index is 0. The van der Waals surface area contributed by atoms with E-state index >= 15 is 0 Å². The molecule has 20 aromatic carbocycles. The van der Waals surface area contributed by atoms with Gasteiger partial charge in [0.15, 0.2) is 0 Å². The summed E-state index contributed by atoms with van der Waals surface area (Å²) in [4.78, 5) is 17.9. The van der Waals surface area contributed by atoms with Crippen LogP contribution in [-0.2, 0) is 20.1 Å². The molecule has 0 radical (unpaired) electrons. The van der Waals surface area contributed by atoms with Gasteiger partial charge in [-0.1, -0.05) is 336 Å². The molecule has 25 rings (SSSR count). The number of fused-ring (bicyclic) bond motifs is 14. The van der Waals surface area contributed by atoms with Gasteiger partial charge in [-0.15, -0.1) is 118 Å². The third-order valence-corrected chi connectivity index (χ3v) is 25.8. The first kappa shape index (κ1) is 84.2. The standard InChI is InChI=1S/C53H34N2.C36H22S.3C12H10N.Ir/c1-2-16-44(17-3-1)55-50-21-11-10-20-49(50)54-53(55)38-26-22-37(23-27-38)41-30-31-47-48(34-41)52(43-29-25-36-13-5-7-15-40(36)33-43)46-19-9-8-18-45(46)51(47)42-28-24-35-12-4-6-14-39(35)32-42;1-2-13-29-27(11-1)28-12-3-4-14-30(28)34-22-24(19-20-31(29)34)23-9-7-10-25(21-23)26-16-8-17-33-32-15-5-6-18-35(32)37-36(26)33;3*1-10-5-7-11(8-6-10)12-4-2-3-9-13-12;/h1-34H;1-22H;3*2-7,9H,1H3;/q;;3*-1;+3. The Morgan fingerprint density at radius 3 is 1.18 bits per heavy atom. The van der Waals surface area contributed by atoms with E-state index in [4.69, 9.17) is 4.98 Å². The van der Waals surface area contributed by atoms with Crippen LogP contribution >= 0.6 is 11.3 Å². The zero-order valence-corrected chi connectivity index (χ0v) is 76.1. The molecule has 0 bridgehead atoms. The normalized spacial score (nSPS) is 11.1. The topological polar surface area (TPSA) is 56.5 Å². The molecule has 5 heterocycles. The molecule has 25 aromatic rings. The molecule has 0 saturated carbocycles. The van der Waals surface area contributed by atoms with Crippen LogP contribution in [0.2, 0.25) is 0 Å². The summed E-state index contributed by atoms with van der Waals surface area (Å²) in [6, 6.07) is 169. The molecule has 132 heavy (non-hydrogen) atoms. The monoisotopic (exact) mass is 1880 g/mol. The molecule has 0 aliphatic carbocycles. The van der Waals surface area contributed by atoms with Gasteiger partial charge < -0.3 is 15.0 Å². The van der Waals surface area contributed by atoms with Gasteiger partial charge in [-0.05, 0) is 227 Å². The van der Waals surface area contributed by atoms with Gasteiger partial charge in [0.1, 0.15) is 5.82 Å². The molecule has 0 fully saturated rings. The van der Waals surface area contributed by atoms with Crippen LogP contribution in [0.5, 0.6) is 0 Å². The van der Waals surface area contributed by atoms with Crippen molar-refractivity contribution in [3.8, 4) is 106 Å². The number of pyridine rings is 3. The molecule has 0 unspecified atom stereocenters. The van der Waals surface area contributed by atoms with Crippen molar-refractivity contribution in [3.63, 3.8) is 0 Å². The largest absolute Gasteiger partial charge is 3.00 e. The summed E-state index contributed by atoms with van der Waals surface area (Å²) >= 11 is 1.89. The van der Waals surface area contributed by atoms with Gasteiger partial charge in [0.25, 0.3) is 0 Å². The van der Waals surface area contributed by atoms with Crippen LogP contribution in [0.3, 0.4) is 0 Å². The van der Waals surface area contributed by atoms with Gasteiger partial charge >= 0.3 is 20.1 Å². The summed E-state index contributed by atoms with van der Waals surface area (Å²) in [5.41, 5.74) is 26.4. The fourth-order valence-electron chi connectivity index (χ4n) is 18.0. The van der Waals surface area contributed by atoms with Gasteiger partial charge in [-0.25, -0.2) is 4.98 Å². The quantitative estimate of drug-likeness (QED) is 0.0778. The van der Waals surface area contributed by atoms with Gasteiger partial charge in [0.05, 0.1) is 11.0 Å². The fourth-order valence-corrected chi connectivity index (χ4v) is 19.3. The Bertz CT molecular complexity index is 8220. The third-order valence-electron chi connectivity index (χ3n) is 24.5. The number of hydrogen-bond acceptors (Lipinski definition) is 5. The zero-order chi connectivity index (χ0) is 87.9. The molecule has 5 aromatic heterocycles. The van der Waals surface area contributed by atoms with E-state index in [0.717, 1.165) is 67.4 Å². The first-order valence-corrected chi connectivity index (χ1v) is 45.2. The minimum absolute atomic E-state index is 0. The van der Waals surface area contributed by atoms with E-state index < -0.39 is 0 Å². The van der Waals surface area contributed by atoms with Gasteiger partial charge in [-0.2, -0.15) is 0 Å². The number of aryl methyl sites for hydroxylation is 3. The van der Waals surface area contributed by atoms with Crippen LogP contribution in [0.25, 0.3) is 213 Å². The Kier molecular flexibility index (Phi) is 24.3. The van der Waals surface area contributed by atoms with Crippen molar-refractivity contribution in [3.05, 3.63) is 502 Å². The number of aromatic nitrogens is 5. The number of thiophene rings is 1. The molecule has 0 amide bonds. The van der Waals surface area contributed by atoms with Crippen LogP contribution in [0, 0.1) is 39.0 Å². The van der Waals surface area contributed by atoms with Crippen LogP contribution in [0.1, 0.15) is 16.7 Å². The molecule has 0 N–H and O–H groups in total. The second-order valence-electron chi connectivity index (χ2n) is 33.0. The molecule has 0 aliphatic heterocycles. The Hall–Kier alpha value is -16.0. The van der Waals surface area contributed by atoms with Gasteiger partial charge in [0.2, 0.25) is 0 Å². The zero-order valence-electron chi connectivity index (χ0n) is 72.9. The Labute approximate surface area is 786 Å². The van der Waals surface area contributed by atoms with Crippen LogP contribution < -0.4 is 0 Å². The molecule has 0 aliphatic rings. The van der Waals surface area contributed by atoms with Crippen molar-refractivity contribution in [1.29, 1.82) is 0 Å². The number of rotatable bonds is 10. The predicted molar refractivity (Wildman–Crippen MR) is 555 cm³/mol. The number of imidazole rings is 1. The molecular formula is C125H86IrN5S. The van der Waals surface area contributed by atoms with Crippen molar-refractivity contribution in [1.82, 2.24) is 24.5 Å². The second-order valence-corrected chi connectivity index (χ2v) is 34.1. The second kappa shape index (κ2) is 38.1. The molecular weight excluding hydrogens is 1800 g/mol. The molecule has 7 heteroatoms. The third kappa shape index (κ3) is 17.4. The Balaban J connectivity index is 0.000000119. The van der Waals surface area contributed by atoms with E-state index in [0.29, 0.717) is 0 Å². The van der Waals surface area contributed by atoms with Crippen molar-refractivity contribution in [2.75, 3.05) is 0 Å². The van der Waals surface area contributed by atoms with Crippen molar-refractivity contribution < 1.29 is 20.1 Å². The van der Waals surface area contributed by atoms with E-state index in [2.05, 4.69) is 416 Å². The average Bonchev–Trinajstić information content (AvgIpc) is 0.903. The number of hydrogen-bond donors (Lipinski definition) is 0. The molecule has 0 atom stereocenters. The van der Waals surface area contributed by atoms with Crippen molar-refractivity contribution in [2.24, 2.45) is 0 Å². The summed E-state index contributed by atoms with van der Waals surface area (Å²) < 4.78 is 4.96. The molecule has 626 valence electrons. The maximum atomic E-state index is 5.12. The van der Waals surface area contributed by atoms with E-state index in [1.807, 2.05) is 102 Å². The Morgan fingerprint density at radius 1 is 0.250 bits per heavy atom. The average molecular weight is 1880 g/mol. The minimum Gasteiger partial charge on any atom is -0.305 e. The summed E-state index contributed by atoms with van der Waals surface area (Å²) in [7, 11) is 0. The molecule has 0 saturated heterocycles. The van der Waals surface area contributed by atoms with Gasteiger partial charge in [-0.3, -0.25) is 4.57 Å². The van der Waals surface area contributed by atoms with Crippen LogP contribution in [0.15, 0.2) is 468 Å². The first-order chi connectivity index (χ1) is 64.7. The number of nitrogens with zero attached hydrogens (tertiary/aromatic N) is 5. The van der Waals surface area contributed by atoms with Crippen molar-refractivity contribution in [2.45, 2.75) is 20.8 Å². The fraction of sp³-hybridized carbons (Fsp3) is 0.0240.